The van der Waals surface area contributed by atoms with Crippen molar-refractivity contribution in [2.75, 3.05) is 0 Å². The highest BCUT2D eigenvalue weighted by molar-refractivity contribution is 5.61. The minimum atomic E-state index is -0.421. The Morgan fingerprint density at radius 3 is 2.93 bits per heavy atom. The molecule has 0 radical (unpaired) electrons. The number of hydrogen-bond donors (Lipinski definition) is 0. The van der Waals surface area contributed by atoms with E-state index < -0.39 is 5.82 Å². The van der Waals surface area contributed by atoms with Crippen molar-refractivity contribution in [2.45, 2.75) is 0 Å². The number of benzene rings is 1. The van der Waals surface area contributed by atoms with Crippen molar-refractivity contribution in [3.05, 3.63) is 36.1 Å². The van der Waals surface area contributed by atoms with Crippen molar-refractivity contribution in [3.63, 3.8) is 0 Å². The second-order valence-electron chi connectivity index (χ2n) is 2.73. The maximum absolute atomic E-state index is 13.3. The molecule has 1 aromatic heterocycles. The second-order valence-corrected chi connectivity index (χ2v) is 2.73. The second kappa shape index (κ2) is 3.86. The minimum Gasteiger partial charge on any atom is -0.354 e. The molecular weight excluding hydrogens is 199 g/mol. The van der Waals surface area contributed by atoms with E-state index in [1.165, 1.54) is 18.2 Å². The molecule has 1 aromatic carbocycles. The van der Waals surface area contributed by atoms with Gasteiger partial charge in [0.2, 0.25) is 11.9 Å². The monoisotopic (exact) mass is 204 g/mol. The molecule has 0 amide bonds. The molecule has 0 aliphatic heterocycles. The Labute approximate surface area is 84.0 Å². The topological polar surface area (TPSA) is 55.5 Å². The summed E-state index contributed by atoms with van der Waals surface area (Å²) in [4.78, 5) is 13.2. The van der Waals surface area contributed by atoms with Gasteiger partial charge in [-0.05, 0) is 12.1 Å². The van der Waals surface area contributed by atoms with Crippen molar-refractivity contribution < 1.29 is 13.7 Å². The predicted molar refractivity (Wildman–Crippen MR) is 49.7 cm³/mol. The van der Waals surface area contributed by atoms with Crippen molar-refractivity contribution in [2.24, 2.45) is 4.99 Å². The van der Waals surface area contributed by atoms with Crippen molar-refractivity contribution in [3.8, 4) is 11.3 Å². The average molecular weight is 204 g/mol. The molecule has 2 rings (SSSR count). The summed E-state index contributed by atoms with van der Waals surface area (Å²) in [6, 6.07) is 7.46. The van der Waals surface area contributed by atoms with Gasteiger partial charge < -0.3 is 4.52 Å². The van der Waals surface area contributed by atoms with Crippen LogP contribution in [0.4, 0.5) is 10.2 Å². The first-order valence-corrected chi connectivity index (χ1v) is 4.11. The molecule has 0 atom stereocenters. The third kappa shape index (κ3) is 1.82. The first-order valence-electron chi connectivity index (χ1n) is 4.11. The normalized spacial score (nSPS) is 9.67. The Morgan fingerprint density at radius 1 is 1.40 bits per heavy atom. The van der Waals surface area contributed by atoms with Crippen LogP contribution in [0.15, 0.2) is 39.8 Å². The van der Waals surface area contributed by atoms with E-state index in [-0.39, 0.29) is 17.1 Å². The van der Waals surface area contributed by atoms with Gasteiger partial charge in [0, 0.05) is 6.07 Å². The molecule has 0 N–H and O–H groups in total. The maximum atomic E-state index is 13.3. The zero-order valence-corrected chi connectivity index (χ0v) is 7.48. The van der Waals surface area contributed by atoms with Gasteiger partial charge in [0.05, 0.1) is 5.56 Å². The Bertz CT molecular complexity index is 530. The summed E-state index contributed by atoms with van der Waals surface area (Å²) in [6.45, 7) is 0. The fourth-order valence-corrected chi connectivity index (χ4v) is 1.15. The molecule has 5 heteroatoms. The number of isocyanates is 1. The molecule has 2 aromatic rings. The maximum Gasteiger partial charge on any atom is 0.242 e. The Balaban J connectivity index is 2.46. The fraction of sp³-hybridized carbons (Fsp3) is 0. The number of carbonyl (C=O) groups excluding carboxylic acids is 1. The SMILES string of the molecule is O=C=Nc1cc(-c2ccccc2F)on1. The first kappa shape index (κ1) is 9.30. The van der Waals surface area contributed by atoms with E-state index in [4.69, 9.17) is 4.52 Å². The van der Waals surface area contributed by atoms with Gasteiger partial charge >= 0.3 is 0 Å². The molecule has 0 unspecified atom stereocenters. The molecule has 0 saturated carbocycles. The average Bonchev–Trinajstić information content (AvgIpc) is 2.68. The molecule has 15 heavy (non-hydrogen) atoms. The molecular formula is C10H5FN2O2. The Hall–Kier alpha value is -2.26. The van der Waals surface area contributed by atoms with Gasteiger partial charge in [0.1, 0.15) is 5.82 Å². The van der Waals surface area contributed by atoms with E-state index in [9.17, 15) is 9.18 Å². The third-order valence-electron chi connectivity index (χ3n) is 1.80. The van der Waals surface area contributed by atoms with Crippen LogP contribution in [0.3, 0.4) is 0 Å². The summed E-state index contributed by atoms with van der Waals surface area (Å²) >= 11 is 0. The Kier molecular flexibility index (Phi) is 2.39. The smallest absolute Gasteiger partial charge is 0.242 e. The van der Waals surface area contributed by atoms with Gasteiger partial charge in [-0.15, -0.1) is 4.99 Å². The number of aromatic nitrogens is 1. The summed E-state index contributed by atoms with van der Waals surface area (Å²) < 4.78 is 18.1. The van der Waals surface area contributed by atoms with Crippen LogP contribution in [-0.4, -0.2) is 11.2 Å². The van der Waals surface area contributed by atoms with E-state index in [1.54, 1.807) is 18.2 Å². The number of aliphatic imine (C=N–C) groups is 1. The van der Waals surface area contributed by atoms with Crippen molar-refractivity contribution in [1.29, 1.82) is 0 Å². The minimum absolute atomic E-state index is 0.0725. The summed E-state index contributed by atoms with van der Waals surface area (Å²) in [5.74, 6) is -0.124. The Morgan fingerprint density at radius 2 is 2.20 bits per heavy atom. The number of halogens is 1. The lowest BCUT2D eigenvalue weighted by molar-refractivity contribution is 0.432. The molecule has 0 saturated heterocycles. The number of rotatable bonds is 2. The predicted octanol–water partition coefficient (Wildman–Crippen LogP) is 2.45. The van der Waals surface area contributed by atoms with Crippen LogP contribution in [0.25, 0.3) is 11.3 Å². The van der Waals surface area contributed by atoms with Crippen LogP contribution in [0.1, 0.15) is 0 Å². The summed E-state index contributed by atoms with van der Waals surface area (Å²) in [7, 11) is 0. The van der Waals surface area contributed by atoms with Crippen LogP contribution in [-0.2, 0) is 4.79 Å². The highest BCUT2D eigenvalue weighted by Gasteiger charge is 2.09. The van der Waals surface area contributed by atoms with E-state index in [2.05, 4.69) is 10.1 Å². The fourth-order valence-electron chi connectivity index (χ4n) is 1.15. The summed E-state index contributed by atoms with van der Waals surface area (Å²) in [5, 5.41) is 3.45. The van der Waals surface area contributed by atoms with Gasteiger partial charge in [-0.25, -0.2) is 9.18 Å². The van der Waals surface area contributed by atoms with Gasteiger partial charge in [-0.3, -0.25) is 0 Å². The number of nitrogens with zero attached hydrogens (tertiary/aromatic N) is 2. The third-order valence-corrected chi connectivity index (χ3v) is 1.80. The van der Waals surface area contributed by atoms with E-state index in [0.29, 0.717) is 0 Å². The van der Waals surface area contributed by atoms with Gasteiger partial charge in [0.25, 0.3) is 0 Å². The summed E-state index contributed by atoms with van der Waals surface area (Å²) in [5.41, 5.74) is 0.275. The molecule has 1 heterocycles. The number of hydrogen-bond acceptors (Lipinski definition) is 4. The molecule has 0 bridgehead atoms. The largest absolute Gasteiger partial charge is 0.354 e. The highest BCUT2D eigenvalue weighted by Crippen LogP contribution is 2.25. The standard InChI is InChI=1S/C10H5FN2O2/c11-8-4-2-1-3-7(8)9-5-10(12-6-14)13-15-9/h1-5H. The molecule has 4 nitrogen and oxygen atoms in total. The van der Waals surface area contributed by atoms with Crippen LogP contribution in [0, 0.1) is 5.82 Å². The lowest BCUT2D eigenvalue weighted by Gasteiger charge is -1.95. The van der Waals surface area contributed by atoms with Gasteiger partial charge in [0.15, 0.2) is 5.76 Å². The zero-order valence-electron chi connectivity index (χ0n) is 7.48. The van der Waals surface area contributed by atoms with Crippen molar-refractivity contribution in [1.82, 2.24) is 5.16 Å². The summed E-state index contributed by atoms with van der Waals surface area (Å²) in [6.07, 6.45) is 1.32. The first-order chi connectivity index (χ1) is 7.31. The van der Waals surface area contributed by atoms with E-state index in [0.717, 1.165) is 0 Å². The lowest BCUT2D eigenvalue weighted by Crippen LogP contribution is -1.79. The van der Waals surface area contributed by atoms with Gasteiger partial charge in [-0.1, -0.05) is 17.3 Å². The molecule has 0 aliphatic rings. The van der Waals surface area contributed by atoms with Crippen LogP contribution in [0.5, 0.6) is 0 Å². The zero-order chi connectivity index (χ0) is 10.7. The molecule has 0 aliphatic carbocycles. The van der Waals surface area contributed by atoms with Gasteiger partial charge in [-0.2, -0.15) is 0 Å². The quantitative estimate of drug-likeness (QED) is 0.557. The molecule has 74 valence electrons. The van der Waals surface area contributed by atoms with Crippen LogP contribution < -0.4 is 0 Å². The highest BCUT2D eigenvalue weighted by atomic mass is 19.1. The van der Waals surface area contributed by atoms with E-state index >= 15 is 0 Å². The van der Waals surface area contributed by atoms with Crippen molar-refractivity contribution >= 4 is 11.9 Å². The van der Waals surface area contributed by atoms with Crippen LogP contribution >= 0.6 is 0 Å². The molecule has 0 fully saturated rings. The van der Waals surface area contributed by atoms with E-state index in [1.807, 2.05) is 0 Å². The lowest BCUT2D eigenvalue weighted by atomic mass is 10.1. The molecule has 0 spiro atoms. The van der Waals surface area contributed by atoms with Crippen LogP contribution in [0.2, 0.25) is 0 Å².